The number of carbonyl (C=O) groups is 2. The number of fused-ring (bicyclic) bond motifs is 1. The van der Waals surface area contributed by atoms with Gasteiger partial charge in [0.1, 0.15) is 12.4 Å². The number of aromatic nitrogens is 2. The van der Waals surface area contributed by atoms with Gasteiger partial charge in [-0.3, -0.25) is 10.2 Å². The lowest BCUT2D eigenvalue weighted by Gasteiger charge is -2.41. The van der Waals surface area contributed by atoms with Crippen molar-refractivity contribution in [1.29, 1.82) is 0 Å². The number of alkyl halides is 9. The minimum Gasteiger partial charge on any atom is -0.457 e. The summed E-state index contributed by atoms with van der Waals surface area (Å²) in [5.74, 6) is -1.29. The molecule has 3 aromatic carbocycles. The first kappa shape index (κ1) is 39.0. The Kier molecular flexibility index (Phi) is 11.4. The highest BCUT2D eigenvalue weighted by Crippen LogP contribution is 2.44. The van der Waals surface area contributed by atoms with Crippen LogP contribution in [0.2, 0.25) is 0 Å². The predicted molar refractivity (Wildman–Crippen MR) is 171 cm³/mol. The zero-order chi connectivity index (χ0) is 38.7. The average Bonchev–Trinajstić information content (AvgIpc) is 3.11. The lowest BCUT2D eigenvalue weighted by atomic mass is 9.87. The molecule has 1 N–H and O–H groups in total. The molecule has 5 rings (SSSR count). The second-order valence-electron chi connectivity index (χ2n) is 12.0. The molecular formula is C36H31F9N4O4. The van der Waals surface area contributed by atoms with E-state index in [-0.39, 0.29) is 48.9 Å². The van der Waals surface area contributed by atoms with E-state index < -0.39 is 76.8 Å². The molecule has 1 aliphatic rings. The van der Waals surface area contributed by atoms with Crippen molar-refractivity contribution in [2.75, 3.05) is 11.5 Å². The maximum atomic E-state index is 14.0. The Balaban J connectivity index is 1.62. The van der Waals surface area contributed by atoms with Crippen LogP contribution >= 0.6 is 0 Å². The molecule has 282 valence electrons. The van der Waals surface area contributed by atoms with Gasteiger partial charge >= 0.3 is 30.6 Å². The van der Waals surface area contributed by atoms with Crippen molar-refractivity contribution in [2.24, 2.45) is 0 Å². The number of hydrogen-bond acceptors (Lipinski definition) is 7. The summed E-state index contributed by atoms with van der Waals surface area (Å²) in [6.45, 7) is 3.03. The highest BCUT2D eigenvalue weighted by molar-refractivity contribution is 5.90. The molecule has 1 unspecified atom stereocenters. The average molecular weight is 755 g/mol. The predicted octanol–water partition coefficient (Wildman–Crippen LogP) is 9.46. The molecule has 0 saturated heterocycles. The second-order valence-corrected chi connectivity index (χ2v) is 12.0. The highest BCUT2D eigenvalue weighted by Gasteiger charge is 2.42. The third-order valence-electron chi connectivity index (χ3n) is 8.49. The number of rotatable bonds is 9. The Morgan fingerprint density at radius 1 is 0.811 bits per heavy atom. The molecule has 53 heavy (non-hydrogen) atoms. The Morgan fingerprint density at radius 3 is 1.96 bits per heavy atom. The molecular weight excluding hydrogens is 723 g/mol. The summed E-state index contributed by atoms with van der Waals surface area (Å²) < 4.78 is 136. The number of ether oxygens (including phenoxy) is 2. The van der Waals surface area contributed by atoms with Gasteiger partial charge in [0.25, 0.3) is 0 Å². The van der Waals surface area contributed by atoms with Crippen LogP contribution in [0.15, 0.2) is 79.1 Å². The number of nitrogens with zero attached hydrogens (tertiary/aromatic N) is 3. The van der Waals surface area contributed by atoms with Crippen LogP contribution in [-0.2, 0) is 34.6 Å². The van der Waals surface area contributed by atoms with Gasteiger partial charge < -0.3 is 9.47 Å². The quantitative estimate of drug-likeness (QED) is 0.134. The van der Waals surface area contributed by atoms with E-state index in [1.807, 2.05) is 0 Å². The number of hydrogen-bond donors (Lipinski definition) is 1. The normalized spacial score (nSPS) is 16.8. The lowest BCUT2D eigenvalue weighted by molar-refractivity contribution is -0.143. The van der Waals surface area contributed by atoms with Crippen molar-refractivity contribution in [3.63, 3.8) is 0 Å². The number of benzene rings is 3. The molecule has 1 aliphatic heterocycles. The summed E-state index contributed by atoms with van der Waals surface area (Å²) in [5.41, 5.74) is -4.74. The Bertz CT molecular complexity index is 1890. The van der Waals surface area contributed by atoms with Crippen LogP contribution in [-0.4, -0.2) is 34.7 Å². The van der Waals surface area contributed by atoms with E-state index in [0.29, 0.717) is 17.7 Å². The number of amides is 1. The van der Waals surface area contributed by atoms with Crippen molar-refractivity contribution >= 4 is 17.7 Å². The van der Waals surface area contributed by atoms with Crippen LogP contribution in [0.25, 0.3) is 0 Å². The molecule has 3 atom stereocenters. The number of carbonyl (C=O) groups excluding carboxylic acids is 2. The van der Waals surface area contributed by atoms with Crippen LogP contribution in [0.5, 0.6) is 0 Å². The lowest BCUT2D eigenvalue weighted by Crippen LogP contribution is -2.47. The van der Waals surface area contributed by atoms with Crippen LogP contribution in [0, 0.1) is 0 Å². The summed E-state index contributed by atoms with van der Waals surface area (Å²) in [6.07, 6.45) is -14.2. The number of anilines is 1. The van der Waals surface area contributed by atoms with E-state index in [1.54, 1.807) is 37.3 Å². The van der Waals surface area contributed by atoms with E-state index in [4.69, 9.17) is 9.47 Å². The van der Waals surface area contributed by atoms with E-state index in [2.05, 4.69) is 15.3 Å². The summed E-state index contributed by atoms with van der Waals surface area (Å²) >= 11 is 0. The Hall–Kier alpha value is -5.19. The van der Waals surface area contributed by atoms with Crippen LogP contribution < -0.4 is 10.2 Å². The molecule has 0 bridgehead atoms. The fourth-order valence-electron chi connectivity index (χ4n) is 5.94. The molecule has 0 fully saturated rings. The van der Waals surface area contributed by atoms with Gasteiger partial charge in [-0.2, -0.15) is 39.5 Å². The molecule has 0 spiro atoms. The van der Waals surface area contributed by atoms with Crippen molar-refractivity contribution in [3.8, 4) is 0 Å². The Morgan fingerprint density at radius 2 is 1.42 bits per heavy atom. The first-order valence-corrected chi connectivity index (χ1v) is 16.2. The molecule has 2 heterocycles. The number of nitrogens with one attached hydrogen (secondary N) is 1. The Labute approximate surface area is 296 Å². The smallest absolute Gasteiger partial charge is 0.416 e. The standard InChI is InChI=1S/C36H31F9N4O4/c1-3-26-16-28(27-15-23(34(37,38)39)10-11-29(27)49(26)33(51)52-4-2)48-30(21-12-24(35(40,41)42)14-25(13-21)36(43,44)45)31-46-17-22(18-47-31)32(50)53-19-20-8-6-5-7-9-20/h5-15,17-18,26,28,30,48H,3-4,16,19H2,1-2H3/t26-,28+,30?/m1/s1. The first-order valence-electron chi connectivity index (χ1n) is 16.2. The summed E-state index contributed by atoms with van der Waals surface area (Å²) in [4.78, 5) is 35.2. The van der Waals surface area contributed by atoms with Gasteiger partial charge in [-0.25, -0.2) is 19.6 Å². The summed E-state index contributed by atoms with van der Waals surface area (Å²) in [5, 5.41) is 2.91. The highest BCUT2D eigenvalue weighted by atomic mass is 19.4. The van der Waals surface area contributed by atoms with Gasteiger partial charge in [-0.05, 0) is 72.9 Å². The van der Waals surface area contributed by atoms with E-state index in [1.165, 1.54) is 11.8 Å². The summed E-state index contributed by atoms with van der Waals surface area (Å²) in [7, 11) is 0. The van der Waals surface area contributed by atoms with Crippen molar-refractivity contribution in [3.05, 3.63) is 124 Å². The summed E-state index contributed by atoms with van der Waals surface area (Å²) in [6, 6.07) is 8.33. The molecule has 8 nitrogen and oxygen atoms in total. The molecule has 0 radical (unpaired) electrons. The van der Waals surface area contributed by atoms with Gasteiger partial charge in [0.2, 0.25) is 0 Å². The second kappa shape index (κ2) is 15.4. The SMILES string of the molecule is CCOC(=O)N1c2ccc(C(F)(F)F)cc2[C@@H](NC(c2cc(C(F)(F)F)cc(C(F)(F)F)c2)c2ncc(C(=O)OCc3ccccc3)cn2)C[C@H]1CC. The van der Waals surface area contributed by atoms with Crippen LogP contribution in [0.3, 0.4) is 0 Å². The van der Waals surface area contributed by atoms with Gasteiger partial charge in [0, 0.05) is 24.5 Å². The molecule has 1 aromatic heterocycles. The van der Waals surface area contributed by atoms with E-state index >= 15 is 0 Å². The minimum absolute atomic E-state index is 0.0109. The molecule has 4 aromatic rings. The molecule has 0 saturated carbocycles. The third-order valence-corrected chi connectivity index (χ3v) is 8.49. The monoisotopic (exact) mass is 754 g/mol. The van der Waals surface area contributed by atoms with Crippen molar-refractivity contribution in [2.45, 2.75) is 70.0 Å². The number of esters is 1. The van der Waals surface area contributed by atoms with Gasteiger partial charge in [0.15, 0.2) is 0 Å². The van der Waals surface area contributed by atoms with Gasteiger partial charge in [-0.1, -0.05) is 37.3 Å². The maximum absolute atomic E-state index is 14.0. The van der Waals surface area contributed by atoms with Crippen molar-refractivity contribution < 1.29 is 58.6 Å². The van der Waals surface area contributed by atoms with Crippen LogP contribution in [0.1, 0.15) is 88.3 Å². The van der Waals surface area contributed by atoms with E-state index in [0.717, 1.165) is 30.6 Å². The topological polar surface area (TPSA) is 93.7 Å². The molecule has 1 amide bonds. The molecule has 17 heteroatoms. The zero-order valence-corrected chi connectivity index (χ0v) is 27.9. The first-order chi connectivity index (χ1) is 24.9. The fraction of sp³-hybridized carbons (Fsp3) is 0.333. The van der Waals surface area contributed by atoms with Gasteiger partial charge in [-0.15, -0.1) is 0 Å². The molecule has 0 aliphatic carbocycles. The number of halogens is 9. The van der Waals surface area contributed by atoms with Crippen molar-refractivity contribution in [1.82, 2.24) is 15.3 Å². The van der Waals surface area contributed by atoms with Gasteiger partial charge in [0.05, 0.1) is 40.6 Å². The maximum Gasteiger partial charge on any atom is 0.416 e. The van der Waals surface area contributed by atoms with Crippen LogP contribution in [0.4, 0.5) is 50.0 Å². The fourth-order valence-corrected chi connectivity index (χ4v) is 5.94. The largest absolute Gasteiger partial charge is 0.457 e. The van der Waals surface area contributed by atoms with E-state index in [9.17, 15) is 49.1 Å². The third kappa shape index (κ3) is 9.07. The minimum atomic E-state index is -5.24. The zero-order valence-electron chi connectivity index (χ0n) is 27.9.